The van der Waals surface area contributed by atoms with Crippen LogP contribution < -0.4 is 4.74 Å². The summed E-state index contributed by atoms with van der Waals surface area (Å²) in [6.07, 6.45) is 2.19. The van der Waals surface area contributed by atoms with Gasteiger partial charge in [-0.15, -0.1) is 11.6 Å². The van der Waals surface area contributed by atoms with Gasteiger partial charge in [-0.05, 0) is 38.1 Å². The van der Waals surface area contributed by atoms with Gasteiger partial charge in [0.15, 0.2) is 0 Å². The molecule has 20 heavy (non-hydrogen) atoms. The highest BCUT2D eigenvalue weighted by molar-refractivity contribution is 6.23. The molecular formula is C15H16ClNO3. The van der Waals surface area contributed by atoms with Crippen LogP contribution in [0.25, 0.3) is 10.9 Å². The minimum Gasteiger partial charge on any atom is -0.494 e. The van der Waals surface area contributed by atoms with E-state index in [0.29, 0.717) is 29.7 Å². The number of carboxylic acids is 1. The van der Waals surface area contributed by atoms with Gasteiger partial charge in [-0.3, -0.25) is 4.98 Å². The number of nitrogens with zero attached hydrogens (tertiary/aromatic N) is 1. The number of benzene rings is 1. The third kappa shape index (κ3) is 3.61. The Balaban J connectivity index is 2.24. The van der Waals surface area contributed by atoms with Crippen molar-refractivity contribution in [2.24, 2.45) is 0 Å². The second kappa shape index (κ2) is 5.67. The van der Waals surface area contributed by atoms with Gasteiger partial charge in [-0.2, -0.15) is 0 Å². The molecule has 0 aliphatic rings. The summed E-state index contributed by atoms with van der Waals surface area (Å²) in [7, 11) is 0. The third-order valence-electron chi connectivity index (χ3n) is 2.91. The van der Waals surface area contributed by atoms with Crippen molar-refractivity contribution in [3.8, 4) is 5.75 Å². The Morgan fingerprint density at radius 1 is 1.40 bits per heavy atom. The molecule has 0 saturated carbocycles. The second-order valence-electron chi connectivity index (χ2n) is 5.16. The molecule has 2 aromatic rings. The number of halogens is 1. The Kier molecular flexibility index (Phi) is 4.14. The minimum absolute atomic E-state index is 0.220. The fourth-order valence-corrected chi connectivity index (χ4v) is 1.89. The Hall–Kier alpha value is -1.81. The van der Waals surface area contributed by atoms with Gasteiger partial charge in [0.05, 0.1) is 17.7 Å². The van der Waals surface area contributed by atoms with E-state index in [4.69, 9.17) is 16.3 Å². The van der Waals surface area contributed by atoms with E-state index in [2.05, 4.69) is 4.98 Å². The van der Waals surface area contributed by atoms with Crippen molar-refractivity contribution in [3.63, 3.8) is 0 Å². The van der Waals surface area contributed by atoms with Crippen molar-refractivity contribution in [2.75, 3.05) is 6.61 Å². The number of fused-ring (bicyclic) bond motifs is 1. The second-order valence-corrected chi connectivity index (χ2v) is 6.18. The lowest BCUT2D eigenvalue weighted by Gasteiger charge is -2.16. The summed E-state index contributed by atoms with van der Waals surface area (Å²) in [6, 6.07) is 6.72. The maximum absolute atomic E-state index is 11.2. The minimum atomic E-state index is -0.976. The predicted molar refractivity (Wildman–Crippen MR) is 78.7 cm³/mol. The molecule has 0 spiro atoms. The highest BCUT2D eigenvalue weighted by Crippen LogP contribution is 2.24. The summed E-state index contributed by atoms with van der Waals surface area (Å²) in [6.45, 7) is 4.32. The topological polar surface area (TPSA) is 59.4 Å². The molecule has 106 valence electrons. The smallest absolute Gasteiger partial charge is 0.336 e. The molecule has 0 amide bonds. The predicted octanol–water partition coefficient (Wildman–Crippen LogP) is 3.72. The quantitative estimate of drug-likeness (QED) is 0.854. The molecule has 1 N–H and O–H groups in total. The highest BCUT2D eigenvalue weighted by Gasteiger charge is 2.13. The van der Waals surface area contributed by atoms with E-state index in [1.807, 2.05) is 13.8 Å². The molecule has 1 heterocycles. The largest absolute Gasteiger partial charge is 0.494 e. The van der Waals surface area contributed by atoms with Crippen molar-refractivity contribution in [3.05, 3.63) is 36.0 Å². The first-order valence-electron chi connectivity index (χ1n) is 6.30. The van der Waals surface area contributed by atoms with Gasteiger partial charge in [-0.25, -0.2) is 4.79 Å². The Bertz CT molecular complexity index is 635. The van der Waals surface area contributed by atoms with E-state index < -0.39 is 5.97 Å². The van der Waals surface area contributed by atoms with Gasteiger partial charge in [0.25, 0.3) is 0 Å². The van der Waals surface area contributed by atoms with Gasteiger partial charge in [0.2, 0.25) is 0 Å². The summed E-state index contributed by atoms with van der Waals surface area (Å²) in [4.78, 5) is 15.0. The van der Waals surface area contributed by atoms with Crippen molar-refractivity contribution < 1.29 is 14.6 Å². The van der Waals surface area contributed by atoms with Gasteiger partial charge in [-0.1, -0.05) is 0 Å². The molecule has 0 aliphatic carbocycles. The van der Waals surface area contributed by atoms with Gasteiger partial charge in [0.1, 0.15) is 5.75 Å². The Morgan fingerprint density at radius 2 is 2.15 bits per heavy atom. The van der Waals surface area contributed by atoms with Crippen LogP contribution in [0, 0.1) is 0 Å². The summed E-state index contributed by atoms with van der Waals surface area (Å²) in [5.41, 5.74) is 0.855. The average molecular weight is 294 g/mol. The molecule has 0 saturated heterocycles. The molecule has 4 nitrogen and oxygen atoms in total. The zero-order valence-electron chi connectivity index (χ0n) is 11.4. The van der Waals surface area contributed by atoms with Crippen LogP contribution in [0.5, 0.6) is 5.75 Å². The summed E-state index contributed by atoms with van der Waals surface area (Å²) in [5.74, 6) is -0.356. The molecule has 1 aromatic carbocycles. The first-order valence-corrected chi connectivity index (χ1v) is 6.68. The summed E-state index contributed by atoms with van der Waals surface area (Å²) < 4.78 is 5.62. The van der Waals surface area contributed by atoms with Gasteiger partial charge in [0, 0.05) is 22.9 Å². The van der Waals surface area contributed by atoms with Crippen LogP contribution in [0.3, 0.4) is 0 Å². The average Bonchev–Trinajstić information content (AvgIpc) is 2.36. The first-order chi connectivity index (χ1) is 9.37. The third-order valence-corrected chi connectivity index (χ3v) is 3.10. The monoisotopic (exact) mass is 293 g/mol. The lowest BCUT2D eigenvalue weighted by molar-refractivity contribution is 0.0699. The number of alkyl halides is 1. The number of pyridine rings is 1. The van der Waals surface area contributed by atoms with E-state index in [0.717, 1.165) is 0 Å². The highest BCUT2D eigenvalue weighted by atomic mass is 35.5. The van der Waals surface area contributed by atoms with Crippen molar-refractivity contribution in [1.82, 2.24) is 4.98 Å². The van der Waals surface area contributed by atoms with E-state index in [9.17, 15) is 9.90 Å². The number of aromatic carboxylic acids is 1. The van der Waals surface area contributed by atoms with Crippen LogP contribution in [-0.4, -0.2) is 27.5 Å². The molecule has 0 radical (unpaired) electrons. The molecule has 0 atom stereocenters. The maximum atomic E-state index is 11.2. The fourth-order valence-electron chi connectivity index (χ4n) is 1.81. The molecule has 5 heteroatoms. The normalized spacial score (nSPS) is 11.6. The van der Waals surface area contributed by atoms with Crippen molar-refractivity contribution >= 4 is 28.5 Å². The van der Waals surface area contributed by atoms with Crippen LogP contribution in [0.2, 0.25) is 0 Å². The van der Waals surface area contributed by atoms with E-state index in [1.165, 1.54) is 12.3 Å². The molecule has 0 bridgehead atoms. The standard InChI is InChI=1S/C15H16ClNO3/c1-15(2,16)6-8-20-10-3-4-13-12(9-10)11(14(18)19)5-7-17-13/h3-5,7,9H,6,8H2,1-2H3,(H,18,19). The van der Waals surface area contributed by atoms with Crippen LogP contribution in [0.15, 0.2) is 30.5 Å². The van der Waals surface area contributed by atoms with Crippen LogP contribution in [0.4, 0.5) is 0 Å². The van der Waals surface area contributed by atoms with Crippen LogP contribution in [0.1, 0.15) is 30.6 Å². The SMILES string of the molecule is CC(C)(Cl)CCOc1ccc2nccc(C(=O)O)c2c1. The van der Waals surface area contributed by atoms with E-state index in [1.54, 1.807) is 18.2 Å². The molecule has 1 aromatic heterocycles. The number of aromatic nitrogens is 1. The Morgan fingerprint density at radius 3 is 2.80 bits per heavy atom. The van der Waals surface area contributed by atoms with Crippen LogP contribution in [-0.2, 0) is 0 Å². The zero-order chi connectivity index (χ0) is 14.8. The number of carboxylic acid groups (broad SMARTS) is 1. The van der Waals surface area contributed by atoms with Crippen molar-refractivity contribution in [2.45, 2.75) is 25.1 Å². The number of carbonyl (C=O) groups is 1. The van der Waals surface area contributed by atoms with E-state index >= 15 is 0 Å². The molecule has 0 unspecified atom stereocenters. The number of rotatable bonds is 5. The number of ether oxygens (including phenoxy) is 1. The molecule has 0 fully saturated rings. The number of hydrogen-bond acceptors (Lipinski definition) is 3. The Labute approximate surface area is 122 Å². The maximum Gasteiger partial charge on any atom is 0.336 e. The number of hydrogen-bond donors (Lipinski definition) is 1. The van der Waals surface area contributed by atoms with Gasteiger partial charge >= 0.3 is 5.97 Å². The first kappa shape index (κ1) is 14.6. The summed E-state index contributed by atoms with van der Waals surface area (Å²) >= 11 is 6.09. The lowest BCUT2D eigenvalue weighted by Crippen LogP contribution is -2.15. The molecule has 2 rings (SSSR count). The zero-order valence-corrected chi connectivity index (χ0v) is 12.1. The van der Waals surface area contributed by atoms with Gasteiger partial charge < -0.3 is 9.84 Å². The molecular weight excluding hydrogens is 278 g/mol. The lowest BCUT2D eigenvalue weighted by atomic mass is 10.1. The van der Waals surface area contributed by atoms with Crippen LogP contribution >= 0.6 is 11.6 Å². The summed E-state index contributed by atoms with van der Waals surface area (Å²) in [5, 5.41) is 9.74. The van der Waals surface area contributed by atoms with E-state index in [-0.39, 0.29) is 10.4 Å². The molecule has 0 aliphatic heterocycles. The van der Waals surface area contributed by atoms with Crippen molar-refractivity contribution in [1.29, 1.82) is 0 Å². The fraction of sp³-hybridized carbons (Fsp3) is 0.333.